The standard InChI is InChI=1S/C20H26N2O4S/c1-4-16(2)21-20(23)15-22(14-17-8-6-5-7-9-17)27(24,25)19-12-10-18(26-3)11-13-19/h5-13,16H,4,14-15H2,1-3H3,(H,21,23)/t16-/m1/s1. The molecule has 27 heavy (non-hydrogen) atoms. The van der Waals surface area contributed by atoms with Crippen molar-refractivity contribution >= 4 is 15.9 Å². The lowest BCUT2D eigenvalue weighted by atomic mass is 10.2. The third kappa shape index (κ3) is 5.80. The molecule has 0 aliphatic heterocycles. The molecule has 146 valence electrons. The zero-order valence-corrected chi connectivity index (χ0v) is 16.7. The van der Waals surface area contributed by atoms with Gasteiger partial charge in [-0.15, -0.1) is 0 Å². The molecule has 0 aromatic heterocycles. The van der Waals surface area contributed by atoms with Crippen molar-refractivity contribution < 1.29 is 17.9 Å². The molecule has 0 saturated carbocycles. The molecular formula is C20H26N2O4S. The predicted octanol–water partition coefficient (Wildman–Crippen LogP) is 2.80. The summed E-state index contributed by atoms with van der Waals surface area (Å²) in [4.78, 5) is 12.5. The van der Waals surface area contributed by atoms with Crippen LogP contribution in [-0.4, -0.2) is 38.3 Å². The van der Waals surface area contributed by atoms with Crippen LogP contribution in [-0.2, 0) is 21.4 Å². The molecule has 2 aromatic carbocycles. The van der Waals surface area contributed by atoms with Gasteiger partial charge in [0.05, 0.1) is 18.6 Å². The molecule has 0 saturated heterocycles. The number of ether oxygens (including phenoxy) is 1. The largest absolute Gasteiger partial charge is 0.497 e. The molecule has 0 aliphatic carbocycles. The summed E-state index contributed by atoms with van der Waals surface area (Å²) in [6.07, 6.45) is 0.773. The van der Waals surface area contributed by atoms with Gasteiger partial charge in [0.15, 0.2) is 0 Å². The average Bonchev–Trinajstić information content (AvgIpc) is 2.68. The molecule has 0 aliphatic rings. The third-order valence-electron chi connectivity index (χ3n) is 4.24. The fraction of sp³-hybridized carbons (Fsp3) is 0.350. The lowest BCUT2D eigenvalue weighted by molar-refractivity contribution is -0.122. The van der Waals surface area contributed by atoms with Crippen molar-refractivity contribution in [3.05, 3.63) is 60.2 Å². The number of benzene rings is 2. The van der Waals surface area contributed by atoms with Gasteiger partial charge in [-0.25, -0.2) is 8.42 Å². The highest BCUT2D eigenvalue weighted by Crippen LogP contribution is 2.21. The van der Waals surface area contributed by atoms with Crippen molar-refractivity contribution in [3.63, 3.8) is 0 Å². The summed E-state index contributed by atoms with van der Waals surface area (Å²) < 4.78 is 32.5. The molecule has 1 amide bonds. The second-order valence-electron chi connectivity index (χ2n) is 6.31. The van der Waals surface area contributed by atoms with Gasteiger partial charge in [-0.1, -0.05) is 37.3 Å². The van der Waals surface area contributed by atoms with Crippen LogP contribution in [0, 0.1) is 0 Å². The lowest BCUT2D eigenvalue weighted by Gasteiger charge is -2.23. The first-order valence-corrected chi connectivity index (χ1v) is 10.3. The van der Waals surface area contributed by atoms with E-state index in [9.17, 15) is 13.2 Å². The Morgan fingerprint density at radius 2 is 1.74 bits per heavy atom. The maximum Gasteiger partial charge on any atom is 0.243 e. The number of carbonyl (C=O) groups is 1. The summed E-state index contributed by atoms with van der Waals surface area (Å²) in [5.74, 6) is 0.246. The zero-order valence-electron chi connectivity index (χ0n) is 15.9. The number of sulfonamides is 1. The molecule has 0 heterocycles. The molecular weight excluding hydrogens is 364 g/mol. The van der Waals surface area contributed by atoms with Gasteiger partial charge in [-0.3, -0.25) is 4.79 Å². The molecule has 2 aromatic rings. The summed E-state index contributed by atoms with van der Waals surface area (Å²) in [5, 5.41) is 2.82. The second kappa shape index (κ2) is 9.53. The molecule has 0 radical (unpaired) electrons. The lowest BCUT2D eigenvalue weighted by Crippen LogP contribution is -2.43. The predicted molar refractivity (Wildman–Crippen MR) is 105 cm³/mol. The normalized spacial score (nSPS) is 12.6. The SMILES string of the molecule is CC[C@@H](C)NC(=O)CN(Cc1ccccc1)S(=O)(=O)c1ccc(OC)cc1. The minimum atomic E-state index is -3.84. The van der Waals surface area contributed by atoms with Gasteiger partial charge in [0.25, 0.3) is 0 Å². The van der Waals surface area contributed by atoms with Crippen LogP contribution >= 0.6 is 0 Å². The summed E-state index contributed by atoms with van der Waals surface area (Å²) in [7, 11) is -2.33. The number of hydrogen-bond donors (Lipinski definition) is 1. The van der Waals surface area contributed by atoms with Crippen molar-refractivity contribution in [2.75, 3.05) is 13.7 Å². The van der Waals surface area contributed by atoms with Crippen LogP contribution in [0.25, 0.3) is 0 Å². The highest BCUT2D eigenvalue weighted by Gasteiger charge is 2.27. The van der Waals surface area contributed by atoms with Crippen molar-refractivity contribution in [1.29, 1.82) is 0 Å². The fourth-order valence-electron chi connectivity index (χ4n) is 2.49. The van der Waals surface area contributed by atoms with Crippen LogP contribution in [0.2, 0.25) is 0 Å². The highest BCUT2D eigenvalue weighted by molar-refractivity contribution is 7.89. The molecule has 0 fully saturated rings. The first-order chi connectivity index (χ1) is 12.9. The van der Waals surface area contributed by atoms with E-state index in [0.717, 1.165) is 12.0 Å². The van der Waals surface area contributed by atoms with Gasteiger partial charge in [0.1, 0.15) is 5.75 Å². The number of amides is 1. The molecule has 0 spiro atoms. The monoisotopic (exact) mass is 390 g/mol. The Morgan fingerprint density at radius 3 is 2.30 bits per heavy atom. The van der Waals surface area contributed by atoms with Crippen LogP contribution in [0.1, 0.15) is 25.8 Å². The topological polar surface area (TPSA) is 75.7 Å². The van der Waals surface area contributed by atoms with Gasteiger partial charge in [-0.2, -0.15) is 4.31 Å². The molecule has 1 atom stereocenters. The van der Waals surface area contributed by atoms with Crippen LogP contribution < -0.4 is 10.1 Å². The van der Waals surface area contributed by atoms with Crippen molar-refractivity contribution in [2.45, 2.75) is 37.8 Å². The van der Waals surface area contributed by atoms with E-state index in [1.165, 1.54) is 23.5 Å². The van der Waals surface area contributed by atoms with E-state index in [0.29, 0.717) is 5.75 Å². The number of carbonyl (C=O) groups excluding carboxylic acids is 1. The minimum Gasteiger partial charge on any atom is -0.497 e. The Labute approximate surface area is 161 Å². The molecule has 0 unspecified atom stereocenters. The number of nitrogens with one attached hydrogen (secondary N) is 1. The Morgan fingerprint density at radius 1 is 1.11 bits per heavy atom. The molecule has 0 bridgehead atoms. The Bertz CT molecular complexity index is 836. The molecule has 7 heteroatoms. The van der Waals surface area contributed by atoms with Gasteiger partial charge >= 0.3 is 0 Å². The van der Waals surface area contributed by atoms with E-state index in [-0.39, 0.29) is 29.9 Å². The van der Waals surface area contributed by atoms with E-state index in [2.05, 4.69) is 5.32 Å². The number of rotatable bonds is 9. The molecule has 1 N–H and O–H groups in total. The van der Waals surface area contributed by atoms with Crippen LogP contribution in [0.5, 0.6) is 5.75 Å². The minimum absolute atomic E-state index is 0.0141. The quantitative estimate of drug-likeness (QED) is 0.714. The van der Waals surface area contributed by atoms with Crippen molar-refractivity contribution in [2.24, 2.45) is 0 Å². The van der Waals surface area contributed by atoms with Crippen molar-refractivity contribution in [1.82, 2.24) is 9.62 Å². The number of hydrogen-bond acceptors (Lipinski definition) is 4. The van der Waals surface area contributed by atoms with E-state index < -0.39 is 10.0 Å². The maximum atomic E-state index is 13.1. The third-order valence-corrected chi connectivity index (χ3v) is 6.04. The Hall–Kier alpha value is -2.38. The maximum absolute atomic E-state index is 13.1. The summed E-state index contributed by atoms with van der Waals surface area (Å²) in [5.41, 5.74) is 0.811. The summed E-state index contributed by atoms with van der Waals surface area (Å²) >= 11 is 0. The first-order valence-electron chi connectivity index (χ1n) is 8.84. The van der Waals surface area contributed by atoms with Gasteiger partial charge in [0.2, 0.25) is 15.9 Å². The summed E-state index contributed by atoms with van der Waals surface area (Å²) in [6.45, 7) is 3.72. The second-order valence-corrected chi connectivity index (χ2v) is 8.25. The van der Waals surface area contributed by atoms with E-state index in [1.807, 2.05) is 44.2 Å². The van der Waals surface area contributed by atoms with E-state index in [1.54, 1.807) is 12.1 Å². The molecule has 6 nitrogen and oxygen atoms in total. The van der Waals surface area contributed by atoms with Crippen molar-refractivity contribution in [3.8, 4) is 5.75 Å². The number of methoxy groups -OCH3 is 1. The van der Waals surface area contributed by atoms with Crippen LogP contribution in [0.4, 0.5) is 0 Å². The zero-order chi connectivity index (χ0) is 19.9. The van der Waals surface area contributed by atoms with E-state index >= 15 is 0 Å². The van der Waals surface area contributed by atoms with Gasteiger partial charge in [0, 0.05) is 12.6 Å². The number of nitrogens with zero attached hydrogens (tertiary/aromatic N) is 1. The van der Waals surface area contributed by atoms with Gasteiger partial charge in [-0.05, 0) is 43.2 Å². The average molecular weight is 391 g/mol. The fourth-order valence-corrected chi connectivity index (χ4v) is 3.88. The smallest absolute Gasteiger partial charge is 0.243 e. The van der Waals surface area contributed by atoms with Crippen LogP contribution in [0.15, 0.2) is 59.5 Å². The highest BCUT2D eigenvalue weighted by atomic mass is 32.2. The van der Waals surface area contributed by atoms with Gasteiger partial charge < -0.3 is 10.1 Å². The first kappa shape index (κ1) is 20.9. The summed E-state index contributed by atoms with van der Waals surface area (Å²) in [6, 6.07) is 15.4. The Kier molecular flexibility index (Phi) is 7.38. The van der Waals surface area contributed by atoms with Crippen LogP contribution in [0.3, 0.4) is 0 Å². The van der Waals surface area contributed by atoms with E-state index in [4.69, 9.17) is 4.74 Å². The Balaban J connectivity index is 2.29. The molecule has 2 rings (SSSR count).